The number of hydrogen-bond acceptors (Lipinski definition) is 3. The Bertz CT molecular complexity index is 995. The molecule has 3 nitrogen and oxygen atoms in total. The standard InChI is InChI=1S/C27H29BrO3/c1-4-27(2,3)22-13-15-23(16-14-22)30-18-8-11-26(29)31-25-17-12-21(19-24(25)28)20-9-6-5-7-10-20/h5-7,9-10,12-17,19H,4,8,11,18H2,1-3H3. The second kappa shape index (κ2) is 10.6. The smallest absolute Gasteiger partial charge is 0.311 e. The van der Waals surface area contributed by atoms with Crippen LogP contribution in [0, 0.1) is 0 Å². The summed E-state index contributed by atoms with van der Waals surface area (Å²) in [6.07, 6.45) is 1.98. The SMILES string of the molecule is CCC(C)(C)c1ccc(OCCCC(=O)Oc2ccc(-c3ccccc3)cc2Br)cc1. The first kappa shape index (κ1) is 23.1. The Hall–Kier alpha value is -2.59. The van der Waals surface area contributed by atoms with Crippen LogP contribution >= 0.6 is 15.9 Å². The van der Waals surface area contributed by atoms with Crippen molar-refractivity contribution in [2.24, 2.45) is 0 Å². The number of benzene rings is 3. The van der Waals surface area contributed by atoms with E-state index in [1.54, 1.807) is 0 Å². The number of carbonyl (C=O) groups is 1. The predicted octanol–water partition coefficient (Wildman–Crippen LogP) is 7.57. The van der Waals surface area contributed by atoms with Gasteiger partial charge in [-0.05, 0) is 75.1 Å². The van der Waals surface area contributed by atoms with Gasteiger partial charge >= 0.3 is 5.97 Å². The zero-order chi connectivity index (χ0) is 22.3. The average Bonchev–Trinajstić information content (AvgIpc) is 2.79. The van der Waals surface area contributed by atoms with Crippen molar-refractivity contribution in [2.75, 3.05) is 6.61 Å². The van der Waals surface area contributed by atoms with Gasteiger partial charge in [0.05, 0.1) is 11.1 Å². The van der Waals surface area contributed by atoms with Gasteiger partial charge in [0.1, 0.15) is 11.5 Å². The van der Waals surface area contributed by atoms with Gasteiger partial charge in [-0.1, -0.05) is 69.3 Å². The van der Waals surface area contributed by atoms with Crippen LogP contribution in [0.2, 0.25) is 0 Å². The highest BCUT2D eigenvalue weighted by Gasteiger charge is 2.17. The topological polar surface area (TPSA) is 35.5 Å². The van der Waals surface area contributed by atoms with Crippen molar-refractivity contribution in [1.29, 1.82) is 0 Å². The Morgan fingerprint density at radius 3 is 2.29 bits per heavy atom. The second-order valence-electron chi connectivity index (χ2n) is 8.20. The second-order valence-corrected chi connectivity index (χ2v) is 9.05. The van der Waals surface area contributed by atoms with Crippen LogP contribution in [0.15, 0.2) is 77.3 Å². The minimum absolute atomic E-state index is 0.163. The van der Waals surface area contributed by atoms with Crippen LogP contribution in [0.4, 0.5) is 0 Å². The molecule has 0 bridgehead atoms. The van der Waals surface area contributed by atoms with Crippen LogP contribution in [0.5, 0.6) is 11.5 Å². The van der Waals surface area contributed by atoms with Gasteiger partial charge in [-0.3, -0.25) is 4.79 Å². The summed E-state index contributed by atoms with van der Waals surface area (Å²) in [6.45, 7) is 7.14. The molecular formula is C27H29BrO3. The molecule has 0 aliphatic heterocycles. The molecule has 0 spiro atoms. The number of halogens is 1. The zero-order valence-corrected chi connectivity index (χ0v) is 19.9. The highest BCUT2D eigenvalue weighted by molar-refractivity contribution is 9.10. The molecule has 0 aromatic heterocycles. The summed E-state index contributed by atoms with van der Waals surface area (Å²) >= 11 is 3.51. The van der Waals surface area contributed by atoms with Crippen molar-refractivity contribution in [3.63, 3.8) is 0 Å². The third kappa shape index (κ3) is 6.44. The minimum atomic E-state index is -0.267. The van der Waals surface area contributed by atoms with Crippen LogP contribution in [-0.4, -0.2) is 12.6 Å². The Morgan fingerprint density at radius 2 is 1.65 bits per heavy atom. The lowest BCUT2D eigenvalue weighted by Crippen LogP contribution is -2.15. The van der Waals surface area contributed by atoms with Crippen molar-refractivity contribution >= 4 is 21.9 Å². The van der Waals surface area contributed by atoms with Crippen LogP contribution in [0.3, 0.4) is 0 Å². The van der Waals surface area contributed by atoms with E-state index < -0.39 is 0 Å². The third-order valence-corrected chi connectivity index (χ3v) is 6.20. The minimum Gasteiger partial charge on any atom is -0.494 e. The van der Waals surface area contributed by atoms with E-state index in [0.717, 1.165) is 27.8 Å². The zero-order valence-electron chi connectivity index (χ0n) is 18.4. The fraction of sp³-hybridized carbons (Fsp3) is 0.296. The Balaban J connectivity index is 1.45. The molecule has 0 N–H and O–H groups in total. The summed E-state index contributed by atoms with van der Waals surface area (Å²) in [7, 11) is 0. The van der Waals surface area contributed by atoms with E-state index in [1.165, 1.54) is 5.56 Å². The highest BCUT2D eigenvalue weighted by Crippen LogP contribution is 2.31. The molecule has 3 aromatic carbocycles. The Morgan fingerprint density at radius 1 is 0.935 bits per heavy atom. The van der Waals surface area contributed by atoms with E-state index >= 15 is 0 Å². The number of esters is 1. The van der Waals surface area contributed by atoms with E-state index in [1.807, 2.05) is 60.7 Å². The van der Waals surface area contributed by atoms with Gasteiger partial charge < -0.3 is 9.47 Å². The lowest BCUT2D eigenvalue weighted by molar-refractivity contribution is -0.134. The fourth-order valence-corrected chi connectivity index (χ4v) is 3.64. The van der Waals surface area contributed by atoms with E-state index in [4.69, 9.17) is 9.47 Å². The number of ether oxygens (including phenoxy) is 2. The molecule has 0 aliphatic carbocycles. The summed E-state index contributed by atoms with van der Waals surface area (Å²) in [5.74, 6) is 1.08. The quantitative estimate of drug-likeness (QED) is 0.180. The summed E-state index contributed by atoms with van der Waals surface area (Å²) in [6, 6.07) is 24.0. The number of hydrogen-bond donors (Lipinski definition) is 0. The molecule has 0 saturated carbocycles. The molecule has 0 saturated heterocycles. The summed E-state index contributed by atoms with van der Waals surface area (Å²) in [4.78, 5) is 12.2. The van der Waals surface area contributed by atoms with Crippen LogP contribution in [0.25, 0.3) is 11.1 Å². The third-order valence-electron chi connectivity index (χ3n) is 5.58. The first-order valence-electron chi connectivity index (χ1n) is 10.7. The normalized spacial score (nSPS) is 11.2. The van der Waals surface area contributed by atoms with Gasteiger partial charge in [-0.2, -0.15) is 0 Å². The molecule has 0 radical (unpaired) electrons. The first-order chi connectivity index (χ1) is 14.9. The highest BCUT2D eigenvalue weighted by atomic mass is 79.9. The lowest BCUT2D eigenvalue weighted by Gasteiger charge is -2.23. The molecule has 0 aliphatic rings. The Kier molecular flexibility index (Phi) is 7.91. The molecule has 162 valence electrons. The van der Waals surface area contributed by atoms with Gasteiger partial charge in [-0.15, -0.1) is 0 Å². The monoisotopic (exact) mass is 480 g/mol. The van der Waals surface area contributed by atoms with E-state index in [0.29, 0.717) is 25.2 Å². The van der Waals surface area contributed by atoms with E-state index in [9.17, 15) is 4.79 Å². The van der Waals surface area contributed by atoms with Gasteiger partial charge in [0.15, 0.2) is 0 Å². The molecular weight excluding hydrogens is 452 g/mol. The van der Waals surface area contributed by atoms with Gasteiger partial charge in [-0.25, -0.2) is 0 Å². The van der Waals surface area contributed by atoms with Crippen LogP contribution in [-0.2, 0) is 10.2 Å². The van der Waals surface area contributed by atoms with Crippen molar-refractivity contribution in [1.82, 2.24) is 0 Å². The average molecular weight is 481 g/mol. The maximum absolute atomic E-state index is 12.2. The molecule has 0 heterocycles. The van der Waals surface area contributed by atoms with Crippen molar-refractivity contribution < 1.29 is 14.3 Å². The maximum atomic E-state index is 12.2. The van der Waals surface area contributed by atoms with Gasteiger partial charge in [0.25, 0.3) is 0 Å². The molecule has 3 aromatic rings. The molecule has 0 fully saturated rings. The van der Waals surface area contributed by atoms with Crippen LogP contribution in [0.1, 0.15) is 45.6 Å². The fourth-order valence-electron chi connectivity index (χ4n) is 3.18. The first-order valence-corrected chi connectivity index (χ1v) is 11.5. The molecule has 31 heavy (non-hydrogen) atoms. The number of rotatable bonds is 9. The predicted molar refractivity (Wildman–Crippen MR) is 130 cm³/mol. The summed E-state index contributed by atoms with van der Waals surface area (Å²) in [5.41, 5.74) is 3.64. The summed E-state index contributed by atoms with van der Waals surface area (Å²) < 4.78 is 12.0. The summed E-state index contributed by atoms with van der Waals surface area (Å²) in [5, 5.41) is 0. The van der Waals surface area contributed by atoms with Gasteiger partial charge in [0.2, 0.25) is 0 Å². The molecule has 0 atom stereocenters. The lowest BCUT2D eigenvalue weighted by atomic mass is 9.82. The van der Waals surface area contributed by atoms with Crippen molar-refractivity contribution in [2.45, 2.75) is 45.4 Å². The van der Waals surface area contributed by atoms with Crippen molar-refractivity contribution in [3.05, 3.63) is 82.8 Å². The van der Waals surface area contributed by atoms with Crippen LogP contribution < -0.4 is 9.47 Å². The van der Waals surface area contributed by atoms with E-state index in [-0.39, 0.29) is 11.4 Å². The molecule has 4 heteroatoms. The molecule has 0 unspecified atom stereocenters. The molecule has 0 amide bonds. The maximum Gasteiger partial charge on any atom is 0.311 e. The van der Waals surface area contributed by atoms with Crippen molar-refractivity contribution in [3.8, 4) is 22.6 Å². The number of carbonyl (C=O) groups excluding carboxylic acids is 1. The Labute approximate surface area is 193 Å². The largest absolute Gasteiger partial charge is 0.494 e. The van der Waals surface area contributed by atoms with Gasteiger partial charge in [0, 0.05) is 6.42 Å². The molecule has 3 rings (SSSR count). The van der Waals surface area contributed by atoms with E-state index in [2.05, 4.69) is 48.8 Å².